The molecule has 94 valence electrons. The van der Waals surface area contributed by atoms with Crippen LogP contribution in [0.5, 0.6) is 0 Å². The van der Waals surface area contributed by atoms with Crippen LogP contribution in [-0.4, -0.2) is 37.6 Å². The summed E-state index contributed by atoms with van der Waals surface area (Å²) in [5, 5.41) is 3.45. The fraction of sp³-hybridized carbons (Fsp3) is 1.00. The van der Waals surface area contributed by atoms with Gasteiger partial charge >= 0.3 is 0 Å². The Kier molecular flexibility index (Phi) is 5.11. The summed E-state index contributed by atoms with van der Waals surface area (Å²) in [6.45, 7) is 3.83. The van der Waals surface area contributed by atoms with Crippen LogP contribution < -0.4 is 5.32 Å². The van der Waals surface area contributed by atoms with E-state index >= 15 is 0 Å². The molecule has 2 rings (SSSR count). The van der Waals surface area contributed by atoms with Crippen LogP contribution in [0.4, 0.5) is 0 Å². The Hall–Kier alpha value is -0.0800. The largest absolute Gasteiger partial charge is 0.317 e. The van der Waals surface area contributed by atoms with Crippen LogP contribution >= 0.6 is 0 Å². The number of piperidine rings is 1. The number of hydrogen-bond donors (Lipinski definition) is 1. The Morgan fingerprint density at radius 2 is 1.75 bits per heavy atom. The van der Waals surface area contributed by atoms with E-state index in [0.717, 1.165) is 12.0 Å². The lowest BCUT2D eigenvalue weighted by Gasteiger charge is -2.26. The van der Waals surface area contributed by atoms with Crippen LogP contribution in [0.3, 0.4) is 0 Å². The van der Waals surface area contributed by atoms with Crippen molar-refractivity contribution in [1.29, 1.82) is 0 Å². The van der Waals surface area contributed by atoms with Crippen molar-refractivity contribution in [1.82, 2.24) is 10.2 Å². The number of nitrogens with one attached hydrogen (secondary N) is 1. The van der Waals surface area contributed by atoms with Crippen molar-refractivity contribution in [3.05, 3.63) is 0 Å². The maximum Gasteiger partial charge on any atom is 0.00922 e. The van der Waals surface area contributed by atoms with E-state index in [1.807, 2.05) is 0 Å². The van der Waals surface area contributed by atoms with E-state index in [4.69, 9.17) is 0 Å². The van der Waals surface area contributed by atoms with Gasteiger partial charge < -0.3 is 10.2 Å². The van der Waals surface area contributed by atoms with Gasteiger partial charge in [-0.3, -0.25) is 0 Å². The summed E-state index contributed by atoms with van der Waals surface area (Å²) in [6.07, 6.45) is 11.5. The molecule has 0 aromatic heterocycles. The molecule has 2 nitrogen and oxygen atoms in total. The molecule has 0 radical (unpaired) electrons. The highest BCUT2D eigenvalue weighted by molar-refractivity contribution is 4.75. The van der Waals surface area contributed by atoms with Gasteiger partial charge in [0.15, 0.2) is 0 Å². The quantitative estimate of drug-likeness (QED) is 0.772. The first-order valence-corrected chi connectivity index (χ1v) is 7.27. The lowest BCUT2D eigenvalue weighted by atomic mass is 9.93. The standard InChI is InChI=1S/C14H28N2/c1-16(14-6-2-3-7-14)12-4-5-13-8-10-15-11-9-13/h13-15H,2-12H2,1H3. The van der Waals surface area contributed by atoms with Crippen molar-refractivity contribution in [2.45, 2.75) is 57.4 Å². The summed E-state index contributed by atoms with van der Waals surface area (Å²) in [6, 6.07) is 0.910. The first-order chi connectivity index (χ1) is 7.86. The summed E-state index contributed by atoms with van der Waals surface area (Å²) in [5.74, 6) is 1.01. The lowest BCUT2D eigenvalue weighted by molar-refractivity contribution is 0.229. The molecule has 0 spiro atoms. The Bertz CT molecular complexity index is 181. The van der Waals surface area contributed by atoms with E-state index in [1.165, 1.54) is 71.0 Å². The molecule has 1 saturated heterocycles. The van der Waals surface area contributed by atoms with Crippen LogP contribution in [-0.2, 0) is 0 Å². The monoisotopic (exact) mass is 224 g/mol. The third-order valence-electron chi connectivity index (χ3n) is 4.53. The van der Waals surface area contributed by atoms with Gasteiger partial charge in [0.2, 0.25) is 0 Å². The third-order valence-corrected chi connectivity index (χ3v) is 4.53. The number of hydrogen-bond acceptors (Lipinski definition) is 2. The van der Waals surface area contributed by atoms with Crippen LogP contribution in [0, 0.1) is 5.92 Å². The molecule has 1 saturated carbocycles. The van der Waals surface area contributed by atoms with Gasteiger partial charge in [-0.05, 0) is 71.1 Å². The van der Waals surface area contributed by atoms with E-state index in [2.05, 4.69) is 17.3 Å². The van der Waals surface area contributed by atoms with E-state index in [9.17, 15) is 0 Å². The molecule has 1 N–H and O–H groups in total. The van der Waals surface area contributed by atoms with Gasteiger partial charge in [0.1, 0.15) is 0 Å². The molecule has 0 atom stereocenters. The van der Waals surface area contributed by atoms with Crippen molar-refractivity contribution in [3.63, 3.8) is 0 Å². The SMILES string of the molecule is CN(CCCC1CCNCC1)C1CCCC1. The van der Waals surface area contributed by atoms with Gasteiger partial charge in [-0.25, -0.2) is 0 Å². The van der Waals surface area contributed by atoms with Gasteiger partial charge in [0.25, 0.3) is 0 Å². The Labute approximate surface area is 101 Å². The highest BCUT2D eigenvalue weighted by Crippen LogP contribution is 2.23. The van der Waals surface area contributed by atoms with Crippen LogP contribution in [0.2, 0.25) is 0 Å². The topological polar surface area (TPSA) is 15.3 Å². The van der Waals surface area contributed by atoms with E-state index in [-0.39, 0.29) is 0 Å². The van der Waals surface area contributed by atoms with Gasteiger partial charge in [0, 0.05) is 6.04 Å². The second kappa shape index (κ2) is 6.61. The summed E-state index contributed by atoms with van der Waals surface area (Å²) < 4.78 is 0. The Morgan fingerprint density at radius 1 is 1.06 bits per heavy atom. The predicted octanol–water partition coefficient (Wildman–Crippen LogP) is 2.64. The summed E-state index contributed by atoms with van der Waals surface area (Å²) in [4.78, 5) is 2.62. The summed E-state index contributed by atoms with van der Waals surface area (Å²) >= 11 is 0. The Morgan fingerprint density at radius 3 is 2.44 bits per heavy atom. The number of nitrogens with zero attached hydrogens (tertiary/aromatic N) is 1. The van der Waals surface area contributed by atoms with Gasteiger partial charge in [0.05, 0.1) is 0 Å². The fourth-order valence-corrected chi connectivity index (χ4v) is 3.33. The molecule has 2 aliphatic rings. The van der Waals surface area contributed by atoms with Crippen LogP contribution in [0.1, 0.15) is 51.4 Å². The van der Waals surface area contributed by atoms with Crippen molar-refractivity contribution in [2.24, 2.45) is 5.92 Å². The fourth-order valence-electron chi connectivity index (χ4n) is 3.33. The number of rotatable bonds is 5. The third kappa shape index (κ3) is 3.74. The molecule has 2 heteroatoms. The smallest absolute Gasteiger partial charge is 0.00922 e. The van der Waals surface area contributed by atoms with Crippen LogP contribution in [0.25, 0.3) is 0 Å². The zero-order valence-electron chi connectivity index (χ0n) is 10.9. The minimum absolute atomic E-state index is 0.910. The highest BCUT2D eigenvalue weighted by atomic mass is 15.1. The van der Waals surface area contributed by atoms with E-state index in [1.54, 1.807) is 0 Å². The zero-order chi connectivity index (χ0) is 11.2. The molecular formula is C14H28N2. The van der Waals surface area contributed by atoms with Crippen molar-refractivity contribution in [2.75, 3.05) is 26.7 Å². The first-order valence-electron chi connectivity index (χ1n) is 7.27. The Balaban J connectivity index is 1.56. The molecule has 1 aliphatic heterocycles. The maximum absolute atomic E-state index is 3.45. The van der Waals surface area contributed by atoms with Crippen molar-refractivity contribution in [3.8, 4) is 0 Å². The first kappa shape index (κ1) is 12.4. The minimum atomic E-state index is 0.910. The molecule has 0 aromatic carbocycles. The van der Waals surface area contributed by atoms with Gasteiger partial charge in [-0.2, -0.15) is 0 Å². The zero-order valence-corrected chi connectivity index (χ0v) is 10.9. The molecule has 0 bridgehead atoms. The molecule has 1 aliphatic carbocycles. The predicted molar refractivity (Wildman–Crippen MR) is 69.7 cm³/mol. The van der Waals surface area contributed by atoms with Gasteiger partial charge in [-0.15, -0.1) is 0 Å². The maximum atomic E-state index is 3.45. The van der Waals surface area contributed by atoms with E-state index < -0.39 is 0 Å². The summed E-state index contributed by atoms with van der Waals surface area (Å²) in [5.41, 5.74) is 0. The van der Waals surface area contributed by atoms with Crippen molar-refractivity contribution < 1.29 is 0 Å². The lowest BCUT2D eigenvalue weighted by Crippen LogP contribution is -2.31. The average molecular weight is 224 g/mol. The van der Waals surface area contributed by atoms with Gasteiger partial charge in [-0.1, -0.05) is 12.8 Å². The molecule has 2 fully saturated rings. The van der Waals surface area contributed by atoms with Crippen LogP contribution in [0.15, 0.2) is 0 Å². The molecule has 16 heavy (non-hydrogen) atoms. The second-order valence-corrected chi connectivity index (χ2v) is 5.75. The molecule has 1 heterocycles. The molecule has 0 unspecified atom stereocenters. The minimum Gasteiger partial charge on any atom is -0.317 e. The van der Waals surface area contributed by atoms with Crippen molar-refractivity contribution >= 4 is 0 Å². The summed E-state index contributed by atoms with van der Waals surface area (Å²) in [7, 11) is 2.33. The normalized spacial score (nSPS) is 24.4. The molecule has 0 amide bonds. The molecular weight excluding hydrogens is 196 g/mol. The molecule has 0 aromatic rings. The van der Waals surface area contributed by atoms with E-state index in [0.29, 0.717) is 0 Å². The highest BCUT2D eigenvalue weighted by Gasteiger charge is 2.19. The second-order valence-electron chi connectivity index (χ2n) is 5.75. The average Bonchev–Trinajstić information content (AvgIpc) is 2.84.